The minimum atomic E-state index is -0.0978. The van der Waals surface area contributed by atoms with Crippen LogP contribution in [0.4, 0.5) is 4.79 Å². The summed E-state index contributed by atoms with van der Waals surface area (Å²) in [5.41, 5.74) is 0. The van der Waals surface area contributed by atoms with Crippen molar-refractivity contribution >= 4 is 11.9 Å². The predicted octanol–water partition coefficient (Wildman–Crippen LogP) is 2.23. The Morgan fingerprint density at radius 1 is 1.19 bits per heavy atom. The molecule has 144 valence electrons. The second-order valence-electron chi connectivity index (χ2n) is 7.04. The van der Waals surface area contributed by atoms with Crippen molar-refractivity contribution in [2.75, 3.05) is 39.3 Å². The highest BCUT2D eigenvalue weighted by atomic mass is 16.5. The van der Waals surface area contributed by atoms with Gasteiger partial charge in [-0.25, -0.2) is 4.79 Å². The van der Waals surface area contributed by atoms with Gasteiger partial charge in [-0.05, 0) is 44.2 Å². The average Bonchev–Trinajstić information content (AvgIpc) is 3.37. The molecule has 0 unspecified atom stereocenters. The van der Waals surface area contributed by atoms with Gasteiger partial charge in [-0.15, -0.1) is 0 Å². The van der Waals surface area contributed by atoms with E-state index in [1.54, 1.807) is 6.26 Å². The lowest BCUT2D eigenvalue weighted by Gasteiger charge is -2.34. The summed E-state index contributed by atoms with van der Waals surface area (Å²) in [6.45, 7) is 4.63. The van der Waals surface area contributed by atoms with Crippen LogP contribution >= 0.6 is 0 Å². The van der Waals surface area contributed by atoms with Crippen LogP contribution in [0.3, 0.4) is 0 Å². The maximum absolute atomic E-state index is 12.5. The summed E-state index contributed by atoms with van der Waals surface area (Å²) >= 11 is 0. The van der Waals surface area contributed by atoms with Gasteiger partial charge in [0.2, 0.25) is 5.91 Å². The minimum Gasteiger partial charge on any atom is -0.467 e. The first-order chi connectivity index (χ1) is 12.7. The standard InChI is InChI=1S/C19H29N3O4/c23-18(20-8-5-12-25-15-17-7-4-13-26-17)16-6-3-11-22(14-16)19(24)21-9-1-2-10-21/h4,7,13,16H,1-3,5-6,8-12,14-15H2,(H,20,23)/t16-/m1/s1. The number of ether oxygens (including phenoxy) is 1. The number of nitrogens with one attached hydrogen (secondary N) is 1. The molecule has 7 nitrogen and oxygen atoms in total. The molecule has 3 heterocycles. The number of likely N-dealkylation sites (tertiary alicyclic amines) is 2. The first kappa shape index (κ1) is 18.8. The monoisotopic (exact) mass is 363 g/mol. The van der Waals surface area contributed by atoms with E-state index in [9.17, 15) is 9.59 Å². The largest absolute Gasteiger partial charge is 0.467 e. The molecule has 0 aliphatic carbocycles. The van der Waals surface area contributed by atoms with Crippen LogP contribution in [-0.2, 0) is 16.1 Å². The van der Waals surface area contributed by atoms with Gasteiger partial charge < -0.3 is 24.3 Å². The molecule has 0 spiro atoms. The van der Waals surface area contributed by atoms with Crippen LogP contribution in [0.1, 0.15) is 37.9 Å². The lowest BCUT2D eigenvalue weighted by Crippen LogP contribution is -2.49. The highest BCUT2D eigenvalue weighted by Gasteiger charge is 2.31. The summed E-state index contributed by atoms with van der Waals surface area (Å²) in [7, 11) is 0. The molecular formula is C19H29N3O4. The summed E-state index contributed by atoms with van der Waals surface area (Å²) in [5, 5.41) is 2.98. The fourth-order valence-corrected chi connectivity index (χ4v) is 3.57. The molecule has 3 amide bonds. The summed E-state index contributed by atoms with van der Waals surface area (Å²) in [6, 6.07) is 3.81. The fraction of sp³-hybridized carbons (Fsp3) is 0.684. The van der Waals surface area contributed by atoms with E-state index >= 15 is 0 Å². The fourth-order valence-electron chi connectivity index (χ4n) is 3.57. The first-order valence-corrected chi connectivity index (χ1v) is 9.66. The molecule has 3 rings (SSSR count). The number of carbonyl (C=O) groups excluding carboxylic acids is 2. The second-order valence-corrected chi connectivity index (χ2v) is 7.04. The van der Waals surface area contributed by atoms with Gasteiger partial charge in [0.05, 0.1) is 12.2 Å². The minimum absolute atomic E-state index is 0.0509. The summed E-state index contributed by atoms with van der Waals surface area (Å²) in [6.07, 6.45) is 6.31. The Hall–Kier alpha value is -2.02. The van der Waals surface area contributed by atoms with Gasteiger partial charge in [-0.1, -0.05) is 0 Å². The van der Waals surface area contributed by atoms with Crippen molar-refractivity contribution in [1.29, 1.82) is 0 Å². The van der Waals surface area contributed by atoms with Crippen LogP contribution in [0, 0.1) is 5.92 Å². The third-order valence-electron chi connectivity index (χ3n) is 5.03. The molecule has 26 heavy (non-hydrogen) atoms. The molecule has 2 saturated heterocycles. The van der Waals surface area contributed by atoms with Crippen molar-refractivity contribution in [2.24, 2.45) is 5.92 Å². The topological polar surface area (TPSA) is 75.0 Å². The van der Waals surface area contributed by atoms with E-state index in [0.29, 0.717) is 26.3 Å². The Balaban J connectivity index is 1.31. The summed E-state index contributed by atoms with van der Waals surface area (Å²) in [5.74, 6) is 0.758. The highest BCUT2D eigenvalue weighted by Crippen LogP contribution is 2.20. The number of hydrogen-bond acceptors (Lipinski definition) is 4. The molecule has 0 saturated carbocycles. The van der Waals surface area contributed by atoms with Crippen LogP contribution in [0.15, 0.2) is 22.8 Å². The smallest absolute Gasteiger partial charge is 0.320 e. The number of hydrogen-bond donors (Lipinski definition) is 1. The third-order valence-corrected chi connectivity index (χ3v) is 5.03. The molecule has 1 N–H and O–H groups in total. The van der Waals surface area contributed by atoms with E-state index in [4.69, 9.17) is 9.15 Å². The Morgan fingerprint density at radius 3 is 2.77 bits per heavy atom. The molecule has 2 aliphatic heterocycles. The number of furan rings is 1. The molecule has 1 aromatic heterocycles. The number of nitrogens with zero attached hydrogens (tertiary/aromatic N) is 2. The predicted molar refractivity (Wildman–Crippen MR) is 96.5 cm³/mol. The van der Waals surface area contributed by atoms with Gasteiger partial charge in [0.1, 0.15) is 12.4 Å². The highest BCUT2D eigenvalue weighted by molar-refractivity contribution is 5.81. The second kappa shape index (κ2) is 9.62. The molecule has 0 radical (unpaired) electrons. The normalized spacial score (nSPS) is 20.4. The number of urea groups is 1. The van der Waals surface area contributed by atoms with E-state index < -0.39 is 0 Å². The molecule has 0 aromatic carbocycles. The van der Waals surface area contributed by atoms with Gasteiger partial charge in [0.25, 0.3) is 0 Å². The molecular weight excluding hydrogens is 334 g/mol. The Bertz CT molecular complexity index is 569. The summed E-state index contributed by atoms with van der Waals surface area (Å²) in [4.78, 5) is 28.6. The lowest BCUT2D eigenvalue weighted by molar-refractivity contribution is -0.126. The molecule has 0 bridgehead atoms. The molecule has 7 heteroatoms. The van der Waals surface area contributed by atoms with Gasteiger partial charge in [-0.3, -0.25) is 4.79 Å². The van der Waals surface area contributed by atoms with Crippen LogP contribution in [0.2, 0.25) is 0 Å². The van der Waals surface area contributed by atoms with Crippen molar-refractivity contribution in [2.45, 2.75) is 38.7 Å². The number of piperidine rings is 1. The Labute approximate surface area is 154 Å². The van der Waals surface area contributed by atoms with Crippen molar-refractivity contribution < 1.29 is 18.7 Å². The Morgan fingerprint density at radius 2 is 2.00 bits per heavy atom. The van der Waals surface area contributed by atoms with Crippen LogP contribution in [0.25, 0.3) is 0 Å². The van der Waals surface area contributed by atoms with Crippen molar-refractivity contribution in [1.82, 2.24) is 15.1 Å². The van der Waals surface area contributed by atoms with E-state index in [-0.39, 0.29) is 17.9 Å². The zero-order chi connectivity index (χ0) is 18.2. The van der Waals surface area contributed by atoms with Crippen LogP contribution < -0.4 is 5.32 Å². The van der Waals surface area contributed by atoms with Crippen molar-refractivity contribution in [3.63, 3.8) is 0 Å². The first-order valence-electron chi connectivity index (χ1n) is 9.66. The summed E-state index contributed by atoms with van der Waals surface area (Å²) < 4.78 is 10.7. The zero-order valence-electron chi connectivity index (χ0n) is 15.3. The van der Waals surface area contributed by atoms with Crippen LogP contribution in [0.5, 0.6) is 0 Å². The van der Waals surface area contributed by atoms with Gasteiger partial charge >= 0.3 is 6.03 Å². The zero-order valence-corrected chi connectivity index (χ0v) is 15.3. The SMILES string of the molecule is O=C(NCCCOCc1ccco1)[C@@H]1CCCN(C(=O)N2CCCC2)C1. The molecule has 1 atom stereocenters. The average molecular weight is 363 g/mol. The van der Waals surface area contributed by atoms with Crippen LogP contribution in [-0.4, -0.2) is 61.1 Å². The molecule has 2 aliphatic rings. The maximum Gasteiger partial charge on any atom is 0.320 e. The van der Waals surface area contributed by atoms with E-state index in [1.165, 1.54) is 0 Å². The van der Waals surface area contributed by atoms with Gasteiger partial charge in [0.15, 0.2) is 0 Å². The molecule has 2 fully saturated rings. The van der Waals surface area contributed by atoms with Crippen molar-refractivity contribution in [3.8, 4) is 0 Å². The molecule has 1 aromatic rings. The van der Waals surface area contributed by atoms with Gasteiger partial charge in [0, 0.05) is 39.3 Å². The maximum atomic E-state index is 12.5. The third kappa shape index (κ3) is 5.24. The van der Waals surface area contributed by atoms with Crippen molar-refractivity contribution in [3.05, 3.63) is 24.2 Å². The lowest BCUT2D eigenvalue weighted by atomic mass is 9.97. The number of carbonyl (C=O) groups is 2. The van der Waals surface area contributed by atoms with E-state index in [1.807, 2.05) is 21.9 Å². The number of amides is 3. The quantitative estimate of drug-likeness (QED) is 0.754. The Kier molecular flexibility index (Phi) is 6.94. The van der Waals surface area contributed by atoms with Gasteiger partial charge in [-0.2, -0.15) is 0 Å². The van der Waals surface area contributed by atoms with E-state index in [0.717, 1.165) is 57.5 Å². The number of rotatable bonds is 7. The van der Waals surface area contributed by atoms with E-state index in [2.05, 4.69) is 5.32 Å².